The Hall–Kier alpha value is -1.74. The zero-order chi connectivity index (χ0) is 20.6. The number of pyridine rings is 1. The number of rotatable bonds is 6. The Labute approximate surface area is 201 Å². The third-order valence-corrected chi connectivity index (χ3v) is 5.29. The van der Waals surface area contributed by atoms with E-state index >= 15 is 0 Å². The van der Waals surface area contributed by atoms with E-state index in [9.17, 15) is 0 Å². The van der Waals surface area contributed by atoms with Gasteiger partial charge in [-0.05, 0) is 50.5 Å². The van der Waals surface area contributed by atoms with Crippen molar-refractivity contribution in [3.63, 3.8) is 0 Å². The van der Waals surface area contributed by atoms with Crippen molar-refractivity contribution in [1.82, 2.24) is 15.6 Å². The number of aliphatic imine (C=N–C) groups is 1. The largest absolute Gasteiger partial charge is 0.496 e. The molecule has 1 aromatic heterocycles. The predicted octanol–water partition coefficient (Wildman–Crippen LogP) is 4.39. The molecule has 164 valence electrons. The summed E-state index contributed by atoms with van der Waals surface area (Å²) in [6.45, 7) is 7.45. The Morgan fingerprint density at radius 3 is 2.67 bits per heavy atom. The first kappa shape index (κ1) is 24.5. The van der Waals surface area contributed by atoms with Gasteiger partial charge in [-0.25, -0.2) is 9.98 Å². The number of aryl methyl sites for hydroxylation is 1. The molecule has 8 heteroatoms. The molecule has 3 rings (SSSR count). The Kier molecular flexibility index (Phi) is 9.97. The third kappa shape index (κ3) is 6.91. The molecule has 0 radical (unpaired) electrons. The fourth-order valence-electron chi connectivity index (χ4n) is 3.43. The Balaban J connectivity index is 0.00000320. The number of hydrogen-bond donors (Lipinski definition) is 2. The van der Waals surface area contributed by atoms with E-state index in [0.717, 1.165) is 55.6 Å². The number of guanidine groups is 1. The second-order valence-corrected chi connectivity index (χ2v) is 7.69. The zero-order valence-corrected chi connectivity index (χ0v) is 20.9. The van der Waals surface area contributed by atoms with Crippen LogP contribution in [0.4, 0.5) is 5.82 Å². The number of benzene rings is 1. The summed E-state index contributed by atoms with van der Waals surface area (Å²) in [6, 6.07) is 10.3. The van der Waals surface area contributed by atoms with Crippen LogP contribution in [-0.4, -0.2) is 43.7 Å². The second-order valence-electron chi connectivity index (χ2n) is 7.25. The minimum atomic E-state index is 0. The molecule has 0 atom stereocenters. The van der Waals surface area contributed by atoms with E-state index in [4.69, 9.17) is 21.3 Å². The van der Waals surface area contributed by atoms with Gasteiger partial charge in [0, 0.05) is 42.5 Å². The Morgan fingerprint density at radius 2 is 2.03 bits per heavy atom. The molecule has 0 aliphatic carbocycles. The maximum atomic E-state index is 6.05. The maximum absolute atomic E-state index is 6.05. The minimum absolute atomic E-state index is 0. The maximum Gasteiger partial charge on any atom is 0.191 e. The molecule has 1 aliphatic heterocycles. The van der Waals surface area contributed by atoms with E-state index in [-0.39, 0.29) is 24.0 Å². The van der Waals surface area contributed by atoms with Crippen LogP contribution in [0.1, 0.15) is 30.9 Å². The Bertz CT molecular complexity index is 823. The van der Waals surface area contributed by atoms with E-state index in [0.29, 0.717) is 17.6 Å². The smallest absolute Gasteiger partial charge is 0.191 e. The van der Waals surface area contributed by atoms with Crippen LogP contribution >= 0.6 is 35.6 Å². The molecular formula is C22H31ClIN5O. The number of hydrogen-bond acceptors (Lipinski definition) is 4. The summed E-state index contributed by atoms with van der Waals surface area (Å²) >= 11 is 6.05. The van der Waals surface area contributed by atoms with Crippen molar-refractivity contribution < 1.29 is 4.74 Å². The van der Waals surface area contributed by atoms with Gasteiger partial charge >= 0.3 is 0 Å². The average molecular weight is 544 g/mol. The molecule has 0 unspecified atom stereocenters. The number of nitrogens with zero attached hydrogens (tertiary/aromatic N) is 3. The fourth-order valence-corrected chi connectivity index (χ4v) is 3.59. The van der Waals surface area contributed by atoms with Crippen LogP contribution in [-0.2, 0) is 6.54 Å². The lowest BCUT2D eigenvalue weighted by molar-refractivity contribution is 0.410. The number of aromatic nitrogens is 1. The monoisotopic (exact) mass is 543 g/mol. The SMILES string of the molecule is CCNC(=NCc1ccc(Cl)cc1OC)NC1CCN(c2ccc(C)cn2)CC1.I. The lowest BCUT2D eigenvalue weighted by Crippen LogP contribution is -2.48. The number of piperidine rings is 1. The van der Waals surface area contributed by atoms with Gasteiger partial charge < -0.3 is 20.3 Å². The molecule has 0 saturated carbocycles. The van der Waals surface area contributed by atoms with Crippen molar-refractivity contribution in [2.24, 2.45) is 4.99 Å². The molecule has 1 aromatic carbocycles. The molecular weight excluding hydrogens is 513 g/mol. The molecule has 2 heterocycles. The number of methoxy groups -OCH3 is 1. The van der Waals surface area contributed by atoms with Crippen LogP contribution in [0.25, 0.3) is 0 Å². The molecule has 1 aliphatic rings. The van der Waals surface area contributed by atoms with Crippen LogP contribution in [0.2, 0.25) is 5.02 Å². The van der Waals surface area contributed by atoms with Gasteiger partial charge in [0.15, 0.2) is 5.96 Å². The minimum Gasteiger partial charge on any atom is -0.496 e. The van der Waals surface area contributed by atoms with Crippen LogP contribution in [0, 0.1) is 6.92 Å². The summed E-state index contributed by atoms with van der Waals surface area (Å²) in [6.07, 6.45) is 4.02. The van der Waals surface area contributed by atoms with Crippen LogP contribution in [0.15, 0.2) is 41.5 Å². The number of nitrogens with one attached hydrogen (secondary N) is 2. The van der Waals surface area contributed by atoms with Gasteiger partial charge in [0.1, 0.15) is 11.6 Å². The van der Waals surface area contributed by atoms with Crippen molar-refractivity contribution in [1.29, 1.82) is 0 Å². The molecule has 6 nitrogen and oxygen atoms in total. The van der Waals surface area contributed by atoms with Crippen LogP contribution < -0.4 is 20.3 Å². The third-order valence-electron chi connectivity index (χ3n) is 5.06. The quantitative estimate of drug-likeness (QED) is 0.321. The number of halogens is 2. The van der Waals surface area contributed by atoms with Gasteiger partial charge in [0.05, 0.1) is 13.7 Å². The highest BCUT2D eigenvalue weighted by Gasteiger charge is 2.21. The molecule has 2 aromatic rings. The summed E-state index contributed by atoms with van der Waals surface area (Å²) in [5.41, 5.74) is 2.20. The predicted molar refractivity (Wildman–Crippen MR) is 136 cm³/mol. The number of ether oxygens (including phenoxy) is 1. The Morgan fingerprint density at radius 1 is 1.27 bits per heavy atom. The van der Waals surface area contributed by atoms with E-state index in [1.165, 1.54) is 5.56 Å². The van der Waals surface area contributed by atoms with Gasteiger partial charge in [-0.15, -0.1) is 24.0 Å². The highest BCUT2D eigenvalue weighted by molar-refractivity contribution is 14.0. The highest BCUT2D eigenvalue weighted by atomic mass is 127. The zero-order valence-electron chi connectivity index (χ0n) is 17.8. The lowest BCUT2D eigenvalue weighted by atomic mass is 10.1. The van der Waals surface area contributed by atoms with Crippen molar-refractivity contribution >= 4 is 47.4 Å². The van der Waals surface area contributed by atoms with E-state index < -0.39 is 0 Å². The molecule has 0 amide bonds. The topological polar surface area (TPSA) is 61.8 Å². The summed E-state index contributed by atoms with van der Waals surface area (Å²) in [7, 11) is 1.65. The first-order valence-electron chi connectivity index (χ1n) is 10.1. The molecule has 2 N–H and O–H groups in total. The normalized spacial score (nSPS) is 14.8. The summed E-state index contributed by atoms with van der Waals surface area (Å²) in [5, 5.41) is 7.59. The molecule has 30 heavy (non-hydrogen) atoms. The van der Waals surface area contributed by atoms with Crippen molar-refractivity contribution in [2.45, 2.75) is 39.3 Å². The van der Waals surface area contributed by atoms with Crippen molar-refractivity contribution in [3.8, 4) is 5.75 Å². The first-order chi connectivity index (χ1) is 14.1. The summed E-state index contributed by atoms with van der Waals surface area (Å²) in [4.78, 5) is 11.6. The highest BCUT2D eigenvalue weighted by Crippen LogP contribution is 2.24. The molecule has 1 saturated heterocycles. The van der Waals surface area contributed by atoms with Crippen LogP contribution in [0.3, 0.4) is 0 Å². The fraction of sp³-hybridized carbons (Fsp3) is 0.455. The van der Waals surface area contributed by atoms with Gasteiger partial charge in [0.25, 0.3) is 0 Å². The first-order valence-corrected chi connectivity index (χ1v) is 10.5. The average Bonchev–Trinajstić information content (AvgIpc) is 2.74. The van der Waals surface area contributed by atoms with Gasteiger partial charge in [-0.2, -0.15) is 0 Å². The van der Waals surface area contributed by atoms with Gasteiger partial charge in [0.2, 0.25) is 0 Å². The van der Waals surface area contributed by atoms with E-state index in [1.54, 1.807) is 7.11 Å². The van der Waals surface area contributed by atoms with E-state index in [1.807, 2.05) is 24.4 Å². The summed E-state index contributed by atoms with van der Waals surface area (Å²) < 4.78 is 5.42. The molecule has 1 fully saturated rings. The van der Waals surface area contributed by atoms with Crippen molar-refractivity contribution in [2.75, 3.05) is 31.6 Å². The van der Waals surface area contributed by atoms with Crippen molar-refractivity contribution in [3.05, 3.63) is 52.7 Å². The second kappa shape index (κ2) is 12.2. The lowest BCUT2D eigenvalue weighted by Gasteiger charge is -2.33. The standard InChI is InChI=1S/C22H30ClN5O.HI/c1-4-24-22(26-15-17-6-7-18(23)13-20(17)29-3)27-19-9-11-28(12-10-19)21-8-5-16(2)14-25-21;/h5-8,13-14,19H,4,9-12,15H2,1-3H3,(H2,24,26,27);1H. The molecule has 0 bridgehead atoms. The van der Waals surface area contributed by atoms with Crippen LogP contribution in [0.5, 0.6) is 5.75 Å². The van der Waals surface area contributed by atoms with E-state index in [2.05, 4.69) is 46.5 Å². The number of anilines is 1. The van der Waals surface area contributed by atoms with Gasteiger partial charge in [-0.1, -0.05) is 23.7 Å². The summed E-state index contributed by atoms with van der Waals surface area (Å²) in [5.74, 6) is 2.65. The molecule has 0 spiro atoms. The van der Waals surface area contributed by atoms with Gasteiger partial charge in [-0.3, -0.25) is 0 Å².